The molecule has 0 N–H and O–H groups in total. The number of benzene rings is 2. The number of nitrogens with zero attached hydrogens (tertiary/aromatic N) is 4. The monoisotopic (exact) mass is 558 g/mol. The van der Waals surface area contributed by atoms with Crippen LogP contribution in [0.4, 0.5) is 0 Å². The van der Waals surface area contributed by atoms with Gasteiger partial charge in [-0.3, -0.25) is 0 Å². The highest BCUT2D eigenvalue weighted by Crippen LogP contribution is 2.32. The first-order valence-electron chi connectivity index (χ1n) is 15.4. The first-order valence-corrected chi connectivity index (χ1v) is 15.4. The van der Waals surface area contributed by atoms with Gasteiger partial charge in [0.25, 0.3) is 0 Å². The van der Waals surface area contributed by atoms with Crippen LogP contribution in [0.25, 0.3) is 43.9 Å². The van der Waals surface area contributed by atoms with E-state index in [1.165, 1.54) is 51.4 Å². The van der Waals surface area contributed by atoms with E-state index in [4.69, 9.17) is 8.83 Å². The van der Waals surface area contributed by atoms with Crippen LogP contribution < -0.4 is 10.4 Å². The predicted octanol–water partition coefficient (Wildman–Crippen LogP) is 8.53. The minimum atomic E-state index is 0.00574. The third-order valence-corrected chi connectivity index (χ3v) is 8.04. The lowest BCUT2D eigenvalue weighted by Crippen LogP contribution is -2.09. The average molecular weight is 559 g/mol. The molecule has 0 bridgehead atoms. The summed E-state index contributed by atoms with van der Waals surface area (Å²) in [6.45, 7) is 4.41. The van der Waals surface area contributed by atoms with E-state index in [9.17, 15) is 21.0 Å². The minimum absolute atomic E-state index is 0.00574. The predicted molar refractivity (Wildman–Crippen MR) is 166 cm³/mol. The molecular weight excluding hydrogens is 520 g/mol. The molecule has 0 aliphatic heterocycles. The van der Waals surface area contributed by atoms with Crippen molar-refractivity contribution < 1.29 is 8.83 Å². The first kappa shape index (κ1) is 30.4. The van der Waals surface area contributed by atoms with E-state index in [0.29, 0.717) is 43.1 Å². The van der Waals surface area contributed by atoms with Crippen molar-refractivity contribution in [2.45, 2.75) is 104 Å². The van der Waals surface area contributed by atoms with Gasteiger partial charge in [-0.15, -0.1) is 0 Å². The highest BCUT2D eigenvalue weighted by atomic mass is 16.3. The van der Waals surface area contributed by atoms with Crippen LogP contribution in [-0.4, -0.2) is 0 Å². The molecule has 2 heterocycles. The lowest BCUT2D eigenvalue weighted by molar-refractivity contribution is 0.522. The van der Waals surface area contributed by atoms with Crippen molar-refractivity contribution >= 4 is 43.9 Å². The standard InChI is InChI=1S/C36H38N4O2/c1-3-5-7-9-11-13-15-27-17-31-29(25(21-37)22-38)19-34-33(35(31)41-27)20-30(26(23-39)24-40)32-18-28(42-36(32)34)16-14-12-10-8-6-4-2/h17-20H,3-16H2,1-2H3. The third kappa shape index (κ3) is 6.68. The van der Waals surface area contributed by atoms with Gasteiger partial charge >= 0.3 is 0 Å². The Morgan fingerprint density at radius 3 is 1.21 bits per heavy atom. The zero-order chi connectivity index (χ0) is 29.9. The molecule has 214 valence electrons. The molecule has 4 rings (SSSR count). The van der Waals surface area contributed by atoms with Crippen LogP contribution in [-0.2, 0) is 12.8 Å². The van der Waals surface area contributed by atoms with E-state index in [1.54, 1.807) is 0 Å². The van der Waals surface area contributed by atoms with E-state index in [0.717, 1.165) is 50.0 Å². The van der Waals surface area contributed by atoms with E-state index < -0.39 is 0 Å². The third-order valence-electron chi connectivity index (χ3n) is 8.04. The minimum Gasteiger partial charge on any atom is -0.460 e. The fourth-order valence-electron chi connectivity index (χ4n) is 5.77. The van der Waals surface area contributed by atoms with Gasteiger partial charge in [-0.25, -0.2) is 0 Å². The van der Waals surface area contributed by atoms with Crippen LogP contribution in [0.5, 0.6) is 0 Å². The fraction of sp³-hybridized carbons (Fsp3) is 0.444. The molecule has 0 saturated heterocycles. The first-order chi connectivity index (χ1) is 20.6. The van der Waals surface area contributed by atoms with Crippen LogP contribution in [0.15, 0.2) is 33.1 Å². The Hall–Kier alpha value is -4.52. The number of rotatable bonds is 14. The maximum absolute atomic E-state index is 9.80. The Morgan fingerprint density at radius 2 is 0.857 bits per heavy atom. The smallest absolute Gasteiger partial charge is 0.142 e. The highest BCUT2D eigenvalue weighted by Gasteiger charge is 2.18. The van der Waals surface area contributed by atoms with Crippen LogP contribution in [0.3, 0.4) is 0 Å². The molecule has 42 heavy (non-hydrogen) atoms. The molecule has 0 fully saturated rings. The van der Waals surface area contributed by atoms with Crippen molar-refractivity contribution in [3.8, 4) is 24.3 Å². The second-order valence-electron chi connectivity index (χ2n) is 11.1. The van der Waals surface area contributed by atoms with Crippen molar-refractivity contribution in [3.63, 3.8) is 0 Å². The van der Waals surface area contributed by atoms with E-state index >= 15 is 0 Å². The number of aryl methyl sites for hydroxylation is 2. The molecule has 2 aromatic heterocycles. The van der Waals surface area contributed by atoms with Gasteiger partial charge in [0.05, 0.1) is 0 Å². The lowest BCUT2D eigenvalue weighted by atomic mass is 9.98. The summed E-state index contributed by atoms with van der Waals surface area (Å²) in [6.07, 6.45) is 15.4. The molecule has 2 aromatic carbocycles. The average Bonchev–Trinajstić information content (AvgIpc) is 3.63. The molecule has 0 unspecified atom stereocenters. The molecule has 6 nitrogen and oxygen atoms in total. The topological polar surface area (TPSA) is 121 Å². The zero-order valence-electron chi connectivity index (χ0n) is 24.8. The fourth-order valence-corrected chi connectivity index (χ4v) is 5.77. The van der Waals surface area contributed by atoms with Crippen LogP contribution in [0, 0.1) is 45.3 Å². The van der Waals surface area contributed by atoms with Crippen molar-refractivity contribution in [3.05, 3.63) is 46.2 Å². The van der Waals surface area contributed by atoms with E-state index in [1.807, 2.05) is 48.5 Å². The highest BCUT2D eigenvalue weighted by molar-refractivity contribution is 6.15. The second-order valence-corrected chi connectivity index (χ2v) is 11.1. The van der Waals surface area contributed by atoms with Crippen molar-refractivity contribution in [2.75, 3.05) is 0 Å². The van der Waals surface area contributed by atoms with Gasteiger partial charge in [-0.05, 0) is 37.1 Å². The number of fused-ring (bicyclic) bond motifs is 5. The summed E-state index contributed by atoms with van der Waals surface area (Å²) in [4.78, 5) is 0. The molecule has 6 heteroatoms. The summed E-state index contributed by atoms with van der Waals surface area (Å²) in [5, 5.41) is 43.0. The van der Waals surface area contributed by atoms with Gasteiger partial charge < -0.3 is 8.83 Å². The van der Waals surface area contributed by atoms with Gasteiger partial charge in [-0.2, -0.15) is 21.0 Å². The van der Waals surface area contributed by atoms with Gasteiger partial charge in [0.15, 0.2) is 0 Å². The number of unbranched alkanes of at least 4 members (excludes halogenated alkanes) is 10. The Bertz CT molecular complexity index is 1690. The summed E-state index contributed by atoms with van der Waals surface area (Å²) >= 11 is 0. The lowest BCUT2D eigenvalue weighted by Gasteiger charge is -2.03. The number of hydrogen-bond acceptors (Lipinski definition) is 6. The van der Waals surface area contributed by atoms with Crippen molar-refractivity contribution in [2.24, 2.45) is 0 Å². The van der Waals surface area contributed by atoms with Crippen molar-refractivity contribution in [1.29, 1.82) is 21.0 Å². The molecule has 0 saturated carbocycles. The summed E-state index contributed by atoms with van der Waals surface area (Å²) in [6, 6.07) is 15.7. The molecular formula is C36H38N4O2. The summed E-state index contributed by atoms with van der Waals surface area (Å²) in [7, 11) is 0. The molecule has 4 aromatic rings. The molecule has 0 atom stereocenters. The van der Waals surface area contributed by atoms with Gasteiger partial charge in [0, 0.05) is 44.8 Å². The number of nitriles is 4. The maximum Gasteiger partial charge on any atom is 0.142 e. The molecule has 0 amide bonds. The maximum atomic E-state index is 9.80. The van der Waals surface area contributed by atoms with E-state index in [-0.39, 0.29) is 11.1 Å². The Morgan fingerprint density at radius 1 is 0.500 bits per heavy atom. The van der Waals surface area contributed by atoms with Gasteiger partial charge in [-0.1, -0.05) is 78.1 Å². The Kier molecular flexibility index (Phi) is 10.8. The number of hydrogen-bond donors (Lipinski definition) is 0. The van der Waals surface area contributed by atoms with Gasteiger partial charge in [0.2, 0.25) is 0 Å². The summed E-state index contributed by atoms with van der Waals surface area (Å²) in [5.74, 6) is 1.58. The largest absolute Gasteiger partial charge is 0.460 e. The van der Waals surface area contributed by atoms with Crippen LogP contribution in [0.1, 0.15) is 102 Å². The SMILES string of the molecule is CCCCCCCCc1cc2c(=C(C#N)C#N)cc3c(cc(=C(C#N)C#N)c4cc(CCCCCCCC)oc43)c2o1. The van der Waals surface area contributed by atoms with E-state index in [2.05, 4.69) is 13.8 Å². The van der Waals surface area contributed by atoms with Gasteiger partial charge in [0.1, 0.15) is 58.1 Å². The zero-order valence-corrected chi connectivity index (χ0v) is 24.8. The molecule has 0 radical (unpaired) electrons. The van der Waals surface area contributed by atoms with Crippen LogP contribution in [0.2, 0.25) is 0 Å². The summed E-state index contributed by atoms with van der Waals surface area (Å²) in [5.41, 5.74) is 1.09. The summed E-state index contributed by atoms with van der Waals surface area (Å²) < 4.78 is 12.8. The number of furan rings is 2. The molecule has 0 spiro atoms. The molecule has 0 aliphatic rings. The Labute approximate surface area is 247 Å². The quantitative estimate of drug-likeness (QED) is 0.143. The molecule has 0 aliphatic carbocycles. The Balaban J connectivity index is 1.88. The van der Waals surface area contributed by atoms with Crippen molar-refractivity contribution in [1.82, 2.24) is 0 Å². The second kappa shape index (κ2) is 14.9. The van der Waals surface area contributed by atoms with Crippen LogP contribution >= 0.6 is 0 Å². The normalized spacial score (nSPS) is 10.9.